The lowest BCUT2D eigenvalue weighted by Gasteiger charge is -2.34. The summed E-state index contributed by atoms with van der Waals surface area (Å²) in [5.41, 5.74) is 0. The SMILES string of the molecule is CC(C)C1OC[C@H](O)[C@@H](CO)O1. The summed E-state index contributed by atoms with van der Waals surface area (Å²) in [4.78, 5) is 0. The third-order valence-corrected chi connectivity index (χ3v) is 1.89. The topological polar surface area (TPSA) is 58.9 Å². The lowest BCUT2D eigenvalue weighted by molar-refractivity contribution is -0.272. The Bertz CT molecular complexity index is 137. The quantitative estimate of drug-likeness (QED) is 0.608. The molecule has 0 spiro atoms. The van der Waals surface area contributed by atoms with E-state index in [1.165, 1.54) is 0 Å². The standard InChI is InChI=1S/C8H16O4/c1-5(2)8-11-4-6(10)7(3-9)12-8/h5-10H,3-4H2,1-2H3/t6-,7+,8?/m0/s1. The van der Waals surface area contributed by atoms with E-state index < -0.39 is 12.2 Å². The Hall–Kier alpha value is -0.160. The summed E-state index contributed by atoms with van der Waals surface area (Å²) in [7, 11) is 0. The van der Waals surface area contributed by atoms with E-state index in [0.29, 0.717) is 0 Å². The first-order chi connectivity index (χ1) is 5.65. The molecule has 4 nitrogen and oxygen atoms in total. The highest BCUT2D eigenvalue weighted by atomic mass is 16.7. The highest BCUT2D eigenvalue weighted by Crippen LogP contribution is 2.18. The van der Waals surface area contributed by atoms with Gasteiger partial charge in [-0.25, -0.2) is 0 Å². The van der Waals surface area contributed by atoms with Crippen molar-refractivity contribution < 1.29 is 19.7 Å². The maximum Gasteiger partial charge on any atom is 0.160 e. The lowest BCUT2D eigenvalue weighted by atomic mass is 10.1. The summed E-state index contributed by atoms with van der Waals surface area (Å²) >= 11 is 0. The van der Waals surface area contributed by atoms with Gasteiger partial charge in [-0.3, -0.25) is 0 Å². The molecule has 0 aromatic heterocycles. The largest absolute Gasteiger partial charge is 0.394 e. The summed E-state index contributed by atoms with van der Waals surface area (Å²) in [6.07, 6.45) is -1.50. The Kier molecular flexibility index (Phi) is 3.46. The Labute approximate surface area is 72.1 Å². The van der Waals surface area contributed by atoms with Crippen LogP contribution in [0.2, 0.25) is 0 Å². The molecule has 2 N–H and O–H groups in total. The monoisotopic (exact) mass is 176 g/mol. The Morgan fingerprint density at radius 1 is 1.50 bits per heavy atom. The van der Waals surface area contributed by atoms with E-state index in [1.807, 2.05) is 13.8 Å². The second kappa shape index (κ2) is 4.18. The van der Waals surface area contributed by atoms with Crippen LogP contribution in [0.3, 0.4) is 0 Å². The van der Waals surface area contributed by atoms with Gasteiger partial charge in [0.1, 0.15) is 12.2 Å². The molecule has 1 saturated heterocycles. The highest BCUT2D eigenvalue weighted by Gasteiger charge is 2.31. The van der Waals surface area contributed by atoms with Crippen LogP contribution in [0.25, 0.3) is 0 Å². The number of aliphatic hydroxyl groups excluding tert-OH is 2. The smallest absolute Gasteiger partial charge is 0.160 e. The third-order valence-electron chi connectivity index (χ3n) is 1.89. The van der Waals surface area contributed by atoms with Crippen LogP contribution in [0.5, 0.6) is 0 Å². The van der Waals surface area contributed by atoms with Crippen molar-refractivity contribution in [1.29, 1.82) is 0 Å². The number of hydrogen-bond acceptors (Lipinski definition) is 4. The maximum absolute atomic E-state index is 9.26. The summed E-state index contributed by atoms with van der Waals surface area (Å²) in [6.45, 7) is 4.02. The molecule has 1 unspecified atom stereocenters. The second-order valence-electron chi connectivity index (χ2n) is 3.37. The minimum atomic E-state index is -0.704. The Morgan fingerprint density at radius 3 is 2.67 bits per heavy atom. The van der Waals surface area contributed by atoms with Crippen LogP contribution in [0.15, 0.2) is 0 Å². The molecule has 1 aliphatic heterocycles. The molecule has 0 radical (unpaired) electrons. The van der Waals surface area contributed by atoms with Crippen LogP contribution in [-0.2, 0) is 9.47 Å². The average molecular weight is 176 g/mol. The van der Waals surface area contributed by atoms with Crippen molar-refractivity contribution in [1.82, 2.24) is 0 Å². The van der Waals surface area contributed by atoms with Crippen LogP contribution < -0.4 is 0 Å². The van der Waals surface area contributed by atoms with E-state index in [9.17, 15) is 5.11 Å². The molecular weight excluding hydrogens is 160 g/mol. The highest BCUT2D eigenvalue weighted by molar-refractivity contribution is 4.73. The molecule has 3 atom stereocenters. The van der Waals surface area contributed by atoms with Crippen LogP contribution in [0, 0.1) is 5.92 Å². The molecule has 0 amide bonds. The second-order valence-corrected chi connectivity index (χ2v) is 3.37. The van der Waals surface area contributed by atoms with E-state index in [1.54, 1.807) is 0 Å². The minimum Gasteiger partial charge on any atom is -0.394 e. The molecule has 0 bridgehead atoms. The van der Waals surface area contributed by atoms with Crippen molar-refractivity contribution >= 4 is 0 Å². The van der Waals surface area contributed by atoms with Crippen molar-refractivity contribution in [2.75, 3.05) is 13.2 Å². The summed E-state index contributed by atoms with van der Waals surface area (Å²) < 4.78 is 10.5. The summed E-state index contributed by atoms with van der Waals surface area (Å²) in [5.74, 6) is 0.242. The molecule has 0 aromatic rings. The van der Waals surface area contributed by atoms with Crippen LogP contribution in [0.4, 0.5) is 0 Å². The number of aliphatic hydroxyl groups is 2. The van der Waals surface area contributed by atoms with Crippen molar-refractivity contribution in [3.8, 4) is 0 Å². The van der Waals surface area contributed by atoms with Gasteiger partial charge in [0.2, 0.25) is 0 Å². The molecule has 1 rings (SSSR count). The Balaban J connectivity index is 2.44. The van der Waals surface area contributed by atoms with Gasteiger partial charge in [-0.1, -0.05) is 13.8 Å². The van der Waals surface area contributed by atoms with Gasteiger partial charge in [-0.2, -0.15) is 0 Å². The molecule has 0 aliphatic carbocycles. The van der Waals surface area contributed by atoms with Gasteiger partial charge in [0.15, 0.2) is 6.29 Å². The van der Waals surface area contributed by atoms with Crippen LogP contribution in [-0.4, -0.2) is 41.9 Å². The van der Waals surface area contributed by atoms with E-state index in [0.717, 1.165) is 0 Å². The number of rotatable bonds is 2. The van der Waals surface area contributed by atoms with Gasteiger partial charge in [0.25, 0.3) is 0 Å². The zero-order valence-corrected chi connectivity index (χ0v) is 7.43. The maximum atomic E-state index is 9.26. The summed E-state index contributed by atoms with van der Waals surface area (Å²) in [6, 6.07) is 0. The Morgan fingerprint density at radius 2 is 2.17 bits per heavy atom. The fraction of sp³-hybridized carbons (Fsp3) is 1.00. The predicted octanol–water partition coefficient (Wildman–Crippen LogP) is -0.263. The third kappa shape index (κ3) is 2.17. The molecule has 0 aromatic carbocycles. The van der Waals surface area contributed by atoms with Gasteiger partial charge >= 0.3 is 0 Å². The average Bonchev–Trinajstić information content (AvgIpc) is 2.05. The van der Waals surface area contributed by atoms with Gasteiger partial charge in [-0.15, -0.1) is 0 Å². The van der Waals surface area contributed by atoms with E-state index in [-0.39, 0.29) is 25.4 Å². The van der Waals surface area contributed by atoms with Gasteiger partial charge < -0.3 is 19.7 Å². The van der Waals surface area contributed by atoms with Gasteiger partial charge in [-0.05, 0) is 0 Å². The first-order valence-corrected chi connectivity index (χ1v) is 4.21. The summed E-state index contributed by atoms with van der Waals surface area (Å²) in [5, 5.41) is 18.1. The molecule has 0 saturated carbocycles. The van der Waals surface area contributed by atoms with Crippen molar-refractivity contribution in [3.63, 3.8) is 0 Å². The van der Waals surface area contributed by atoms with E-state index >= 15 is 0 Å². The zero-order valence-electron chi connectivity index (χ0n) is 7.43. The zero-order chi connectivity index (χ0) is 9.14. The molecule has 1 fully saturated rings. The first-order valence-electron chi connectivity index (χ1n) is 4.21. The molecule has 72 valence electrons. The van der Waals surface area contributed by atoms with Crippen molar-refractivity contribution in [3.05, 3.63) is 0 Å². The fourth-order valence-electron chi connectivity index (χ4n) is 1.12. The van der Waals surface area contributed by atoms with Crippen LogP contribution in [0.1, 0.15) is 13.8 Å². The van der Waals surface area contributed by atoms with Crippen molar-refractivity contribution in [2.24, 2.45) is 5.92 Å². The molecule has 12 heavy (non-hydrogen) atoms. The van der Waals surface area contributed by atoms with Crippen LogP contribution >= 0.6 is 0 Å². The van der Waals surface area contributed by atoms with E-state index in [2.05, 4.69) is 0 Å². The molecule has 1 heterocycles. The fourth-order valence-corrected chi connectivity index (χ4v) is 1.12. The predicted molar refractivity (Wildman–Crippen MR) is 42.5 cm³/mol. The van der Waals surface area contributed by atoms with Gasteiger partial charge in [0, 0.05) is 5.92 Å². The van der Waals surface area contributed by atoms with Gasteiger partial charge in [0.05, 0.1) is 13.2 Å². The normalized spacial score (nSPS) is 37.2. The number of hydrogen-bond donors (Lipinski definition) is 2. The molecular formula is C8H16O4. The molecule has 4 heteroatoms. The molecule has 1 aliphatic rings. The van der Waals surface area contributed by atoms with E-state index in [4.69, 9.17) is 14.6 Å². The van der Waals surface area contributed by atoms with Crippen molar-refractivity contribution in [2.45, 2.75) is 32.3 Å². The number of ether oxygens (including phenoxy) is 2. The lowest BCUT2D eigenvalue weighted by Crippen LogP contribution is -2.47. The minimum absolute atomic E-state index is 0.159. The first kappa shape index (κ1) is 9.92.